The maximum Gasteiger partial charge on any atom is 0.164 e. The first-order valence-corrected chi connectivity index (χ1v) is 36.4. The molecule has 0 atom stereocenters. The van der Waals surface area contributed by atoms with Crippen LogP contribution in [0, 0.1) is 0 Å². The highest BCUT2D eigenvalue weighted by Crippen LogP contribution is 2.39. The van der Waals surface area contributed by atoms with Gasteiger partial charge in [0.05, 0.1) is 0 Å². The molecule has 0 aliphatic rings. The zero-order chi connectivity index (χ0) is 72.2. The molecule has 2 aromatic heterocycles. The van der Waals surface area contributed by atoms with Gasteiger partial charge in [0.15, 0.2) is 34.9 Å². The van der Waals surface area contributed by atoms with Gasteiger partial charge in [-0.1, -0.05) is 370 Å². The van der Waals surface area contributed by atoms with E-state index in [2.05, 4.69) is 303 Å². The molecule has 6 nitrogen and oxygen atoms in total. The summed E-state index contributed by atoms with van der Waals surface area (Å²) in [7, 11) is 0. The Bertz CT molecular complexity index is 5670. The molecule has 0 aliphatic carbocycles. The zero-order valence-electron chi connectivity index (χ0n) is 59.1. The quantitative estimate of drug-likeness (QED) is 0.0959. The molecule has 0 spiro atoms. The van der Waals surface area contributed by atoms with Crippen molar-refractivity contribution in [3.63, 3.8) is 0 Å². The van der Waals surface area contributed by atoms with E-state index in [1.807, 2.05) is 121 Å². The lowest BCUT2D eigenvalue weighted by molar-refractivity contribution is 1.07. The van der Waals surface area contributed by atoms with Gasteiger partial charge < -0.3 is 0 Å². The highest BCUT2D eigenvalue weighted by molar-refractivity contribution is 5.86. The topological polar surface area (TPSA) is 77.3 Å². The second kappa shape index (κ2) is 31.2. The fourth-order valence-corrected chi connectivity index (χ4v) is 13.8. The third-order valence-corrected chi connectivity index (χ3v) is 19.5. The van der Waals surface area contributed by atoms with Crippen molar-refractivity contribution in [3.8, 4) is 180 Å². The van der Waals surface area contributed by atoms with Crippen LogP contribution in [-0.4, -0.2) is 29.9 Å². The molecule has 108 heavy (non-hydrogen) atoms. The lowest BCUT2D eigenvalue weighted by Crippen LogP contribution is -2.00. The van der Waals surface area contributed by atoms with Gasteiger partial charge in [0, 0.05) is 33.4 Å². The molecule has 2 heterocycles. The average molecular weight is 1380 g/mol. The Morgan fingerprint density at radius 3 is 0.426 bits per heavy atom. The highest BCUT2D eigenvalue weighted by Gasteiger charge is 2.18. The van der Waals surface area contributed by atoms with Crippen LogP contribution < -0.4 is 0 Å². The second-order valence-corrected chi connectivity index (χ2v) is 26.6. The normalized spacial score (nSPS) is 11.0. The van der Waals surface area contributed by atoms with E-state index in [0.29, 0.717) is 34.9 Å². The van der Waals surface area contributed by atoms with Crippen LogP contribution in [0.3, 0.4) is 0 Å². The molecule has 0 saturated carbocycles. The average Bonchev–Trinajstić information content (AvgIpc) is 0.806. The molecule has 0 radical (unpaired) electrons. The summed E-state index contributed by atoms with van der Waals surface area (Å²) < 4.78 is 0. The fourth-order valence-electron chi connectivity index (χ4n) is 13.8. The number of benzene rings is 16. The molecule has 508 valence electrons. The Balaban J connectivity index is 0.000000158. The maximum absolute atomic E-state index is 4.94. The van der Waals surface area contributed by atoms with Crippen molar-refractivity contribution in [1.82, 2.24) is 29.9 Å². The molecule has 0 saturated heterocycles. The van der Waals surface area contributed by atoms with Crippen LogP contribution in [0.4, 0.5) is 0 Å². The first-order chi connectivity index (χ1) is 53.5. The summed E-state index contributed by atoms with van der Waals surface area (Å²) in [6, 6.07) is 149. The molecular formula is C102H70N6. The van der Waals surface area contributed by atoms with Crippen molar-refractivity contribution in [2.24, 2.45) is 0 Å². The maximum atomic E-state index is 4.94. The summed E-state index contributed by atoms with van der Waals surface area (Å²) in [6.45, 7) is 0. The molecule has 0 bridgehead atoms. The van der Waals surface area contributed by atoms with Gasteiger partial charge >= 0.3 is 0 Å². The minimum atomic E-state index is 0.643. The largest absolute Gasteiger partial charge is 0.208 e. The first kappa shape index (κ1) is 66.8. The van der Waals surface area contributed by atoms with E-state index in [9.17, 15) is 0 Å². The minimum absolute atomic E-state index is 0.643. The third-order valence-electron chi connectivity index (χ3n) is 19.5. The minimum Gasteiger partial charge on any atom is -0.208 e. The standard InChI is InChI=1S/2C51H35N3/c1-5-15-36(16-6-1)46-33-47(37-17-7-2-8-18-37)35-48(34-46)44-25-13-23-42(31-44)38-27-29-39(30-28-38)43-24-14-26-45(32-43)51-53-49(40-19-9-3-10-20-40)52-50(54-51)41-21-11-4-12-22-41;1-5-14-36(15-6-1)46-33-47(37-16-7-2-8-17-37)35-48(34-46)41-30-26-39(27-31-41)38-24-28-40(29-25-38)44-22-13-23-45(32-44)51-53-49(42-18-9-3-10-19-42)52-50(54-51)43-20-11-4-12-21-43/h2*1-35H. The van der Waals surface area contributed by atoms with Gasteiger partial charge in [-0.15, -0.1) is 0 Å². The number of aromatic nitrogens is 6. The summed E-state index contributed by atoms with van der Waals surface area (Å²) >= 11 is 0. The van der Waals surface area contributed by atoms with E-state index in [0.717, 1.165) is 61.2 Å². The van der Waals surface area contributed by atoms with Gasteiger partial charge in [0.1, 0.15) is 0 Å². The molecule has 0 N–H and O–H groups in total. The summed E-state index contributed by atoms with van der Waals surface area (Å²) in [5.41, 5.74) is 29.2. The molecule has 0 aliphatic heterocycles. The van der Waals surface area contributed by atoms with Gasteiger partial charge in [-0.2, -0.15) is 0 Å². The Hall–Kier alpha value is -14.5. The van der Waals surface area contributed by atoms with Crippen molar-refractivity contribution >= 4 is 0 Å². The van der Waals surface area contributed by atoms with Gasteiger partial charge in [0.25, 0.3) is 0 Å². The van der Waals surface area contributed by atoms with Crippen molar-refractivity contribution < 1.29 is 0 Å². The summed E-state index contributed by atoms with van der Waals surface area (Å²) in [5.74, 6) is 3.90. The van der Waals surface area contributed by atoms with E-state index in [4.69, 9.17) is 29.9 Å². The smallest absolute Gasteiger partial charge is 0.164 e. The van der Waals surface area contributed by atoms with Crippen LogP contribution >= 0.6 is 0 Å². The number of rotatable bonds is 16. The lowest BCUT2D eigenvalue weighted by Gasteiger charge is -2.13. The molecule has 6 heteroatoms. The number of hydrogen-bond acceptors (Lipinski definition) is 6. The Morgan fingerprint density at radius 2 is 0.204 bits per heavy atom. The Labute approximate surface area is 630 Å². The van der Waals surface area contributed by atoms with E-state index >= 15 is 0 Å². The van der Waals surface area contributed by atoms with Crippen molar-refractivity contribution in [2.45, 2.75) is 0 Å². The van der Waals surface area contributed by atoms with Crippen LogP contribution in [0.15, 0.2) is 425 Å². The van der Waals surface area contributed by atoms with Crippen molar-refractivity contribution in [1.29, 1.82) is 0 Å². The molecule has 16 aromatic carbocycles. The van der Waals surface area contributed by atoms with Gasteiger partial charge in [-0.25, -0.2) is 29.9 Å². The fraction of sp³-hybridized carbons (Fsp3) is 0. The monoisotopic (exact) mass is 1380 g/mol. The van der Waals surface area contributed by atoms with Crippen LogP contribution in [0.1, 0.15) is 0 Å². The predicted octanol–water partition coefficient (Wildman–Crippen LogP) is 26.4. The second-order valence-electron chi connectivity index (χ2n) is 26.6. The van der Waals surface area contributed by atoms with Crippen molar-refractivity contribution in [2.75, 3.05) is 0 Å². The molecule has 18 rings (SSSR count). The van der Waals surface area contributed by atoms with Gasteiger partial charge in [0.2, 0.25) is 0 Å². The molecule has 0 unspecified atom stereocenters. The summed E-state index contributed by atoms with van der Waals surface area (Å²) in [5, 5.41) is 0. The SMILES string of the molecule is c1ccc(-c2cc(-c3ccccc3)cc(-c3ccc(-c4ccc(-c5cccc(-c6nc(-c7ccccc7)nc(-c7ccccc7)n6)c5)cc4)cc3)c2)cc1.c1ccc(-c2cc(-c3ccccc3)cc(-c3cccc(-c4ccc(-c5cccc(-c6nc(-c7ccccc7)nc(-c7ccccc7)n6)c5)cc4)c3)c2)cc1. The predicted molar refractivity (Wildman–Crippen MR) is 447 cm³/mol. The number of nitrogens with zero attached hydrogens (tertiary/aromatic N) is 6. The van der Waals surface area contributed by atoms with Crippen molar-refractivity contribution in [3.05, 3.63) is 425 Å². The third kappa shape index (κ3) is 15.3. The van der Waals surface area contributed by atoms with E-state index in [1.165, 1.54) is 83.5 Å². The van der Waals surface area contributed by atoms with E-state index < -0.39 is 0 Å². The molecule has 0 fully saturated rings. The van der Waals surface area contributed by atoms with Crippen LogP contribution in [0.5, 0.6) is 0 Å². The van der Waals surface area contributed by atoms with Gasteiger partial charge in [-0.05, 0) is 166 Å². The summed E-state index contributed by atoms with van der Waals surface area (Å²) in [4.78, 5) is 29.5. The molecule has 18 aromatic rings. The Morgan fingerprint density at radius 1 is 0.0833 bits per heavy atom. The van der Waals surface area contributed by atoms with Crippen LogP contribution in [0.2, 0.25) is 0 Å². The number of hydrogen-bond donors (Lipinski definition) is 0. The van der Waals surface area contributed by atoms with E-state index in [1.54, 1.807) is 0 Å². The Kier molecular flexibility index (Phi) is 19.3. The summed E-state index contributed by atoms with van der Waals surface area (Å²) in [6.07, 6.45) is 0. The van der Waals surface area contributed by atoms with Crippen LogP contribution in [0.25, 0.3) is 180 Å². The van der Waals surface area contributed by atoms with Crippen LogP contribution in [-0.2, 0) is 0 Å². The highest BCUT2D eigenvalue weighted by atomic mass is 15.0. The molecule has 0 amide bonds. The van der Waals surface area contributed by atoms with Gasteiger partial charge in [-0.3, -0.25) is 0 Å². The zero-order valence-corrected chi connectivity index (χ0v) is 59.1. The first-order valence-electron chi connectivity index (χ1n) is 36.4. The van der Waals surface area contributed by atoms with E-state index in [-0.39, 0.29) is 0 Å². The lowest BCUT2D eigenvalue weighted by atomic mass is 9.92. The molecular weight excluding hydrogens is 1310 g/mol.